The molecule has 2 aromatic rings. The zero-order valence-corrected chi connectivity index (χ0v) is 20.7. The molecule has 6 nitrogen and oxygen atoms in total. The number of halogens is 2. The van der Waals surface area contributed by atoms with Crippen molar-refractivity contribution in [2.45, 2.75) is 57.5 Å². The number of likely N-dealkylation sites (tertiary alicyclic amines) is 1. The van der Waals surface area contributed by atoms with E-state index in [4.69, 9.17) is 21.3 Å². The second-order valence-electron chi connectivity index (χ2n) is 9.84. The summed E-state index contributed by atoms with van der Waals surface area (Å²) in [5, 5.41) is 3.56. The molecule has 35 heavy (non-hydrogen) atoms. The van der Waals surface area contributed by atoms with Crippen molar-refractivity contribution in [1.29, 1.82) is 0 Å². The molecule has 8 heteroatoms. The quantitative estimate of drug-likeness (QED) is 0.531. The number of piperidine rings is 1. The zero-order chi connectivity index (χ0) is 24.2. The Morgan fingerprint density at radius 2 is 1.94 bits per heavy atom. The molecule has 1 aromatic heterocycles. The van der Waals surface area contributed by atoms with Gasteiger partial charge in [0.05, 0.1) is 28.5 Å². The Hall–Kier alpha value is -2.35. The van der Waals surface area contributed by atoms with Crippen molar-refractivity contribution in [2.24, 2.45) is 10.9 Å². The lowest BCUT2D eigenvalue weighted by molar-refractivity contribution is 0.0998. The molecule has 1 saturated carbocycles. The molecule has 0 bridgehead atoms. The van der Waals surface area contributed by atoms with Crippen LogP contribution in [0.5, 0.6) is 5.75 Å². The molecule has 186 valence electrons. The van der Waals surface area contributed by atoms with Gasteiger partial charge >= 0.3 is 0 Å². The molecule has 1 N–H and O–H groups in total. The SMILES string of the molecule is O=C1CC(COc2ccc(F)c(Cl)c2)=Nc2c1ccnc2CNCC1CCN(C2CCCC2)CC1. The number of nitrogens with one attached hydrogen (secondary N) is 1. The van der Waals surface area contributed by atoms with Gasteiger partial charge in [0.25, 0.3) is 0 Å². The lowest BCUT2D eigenvalue weighted by atomic mass is 9.95. The summed E-state index contributed by atoms with van der Waals surface area (Å²) in [6, 6.07) is 6.74. The maximum atomic E-state index is 13.4. The molecule has 0 unspecified atom stereocenters. The van der Waals surface area contributed by atoms with Gasteiger partial charge in [0, 0.05) is 30.4 Å². The average Bonchev–Trinajstić information content (AvgIpc) is 3.41. The highest BCUT2D eigenvalue weighted by Crippen LogP contribution is 2.30. The van der Waals surface area contributed by atoms with Crippen LogP contribution >= 0.6 is 11.6 Å². The number of hydrogen-bond donors (Lipinski definition) is 1. The summed E-state index contributed by atoms with van der Waals surface area (Å²) < 4.78 is 19.1. The summed E-state index contributed by atoms with van der Waals surface area (Å²) in [5.41, 5.74) is 2.64. The largest absolute Gasteiger partial charge is 0.488 e. The van der Waals surface area contributed by atoms with E-state index in [2.05, 4.69) is 15.2 Å². The van der Waals surface area contributed by atoms with Crippen LogP contribution in [0.2, 0.25) is 5.02 Å². The summed E-state index contributed by atoms with van der Waals surface area (Å²) in [5.74, 6) is 0.614. The molecule has 1 aromatic carbocycles. The maximum absolute atomic E-state index is 13.4. The Morgan fingerprint density at radius 1 is 1.14 bits per heavy atom. The van der Waals surface area contributed by atoms with E-state index >= 15 is 0 Å². The van der Waals surface area contributed by atoms with Gasteiger partial charge in [0.2, 0.25) is 0 Å². The molecule has 2 fully saturated rings. The first-order valence-electron chi connectivity index (χ1n) is 12.7. The molecule has 5 rings (SSSR count). The minimum atomic E-state index is -0.499. The lowest BCUT2D eigenvalue weighted by Crippen LogP contribution is -2.42. The van der Waals surface area contributed by atoms with Gasteiger partial charge in [-0.25, -0.2) is 4.39 Å². The van der Waals surface area contributed by atoms with E-state index < -0.39 is 5.82 Å². The van der Waals surface area contributed by atoms with Crippen LogP contribution < -0.4 is 10.1 Å². The molecule has 2 aliphatic heterocycles. The summed E-state index contributed by atoms with van der Waals surface area (Å²) in [4.78, 5) is 24.7. The minimum Gasteiger partial charge on any atom is -0.488 e. The fraction of sp³-hybridized carbons (Fsp3) is 0.519. The van der Waals surface area contributed by atoms with E-state index in [-0.39, 0.29) is 23.8 Å². The highest BCUT2D eigenvalue weighted by atomic mass is 35.5. The maximum Gasteiger partial charge on any atom is 0.170 e. The first-order chi connectivity index (χ1) is 17.1. The number of fused-ring (bicyclic) bond motifs is 1. The summed E-state index contributed by atoms with van der Waals surface area (Å²) in [7, 11) is 0. The second kappa shape index (κ2) is 11.1. The van der Waals surface area contributed by atoms with E-state index in [1.807, 2.05) is 0 Å². The van der Waals surface area contributed by atoms with Crippen molar-refractivity contribution in [1.82, 2.24) is 15.2 Å². The number of rotatable bonds is 8. The molecule has 0 radical (unpaired) electrons. The Labute approximate surface area is 210 Å². The van der Waals surface area contributed by atoms with Crippen molar-refractivity contribution >= 4 is 28.8 Å². The first-order valence-corrected chi connectivity index (χ1v) is 13.0. The van der Waals surface area contributed by atoms with Gasteiger partial charge in [-0.05, 0) is 69.4 Å². The van der Waals surface area contributed by atoms with Crippen molar-refractivity contribution in [3.63, 3.8) is 0 Å². The highest BCUT2D eigenvalue weighted by molar-refractivity contribution is 6.30. The number of aromatic nitrogens is 1. The number of carbonyl (C=O) groups is 1. The van der Waals surface area contributed by atoms with Crippen LogP contribution in [0.25, 0.3) is 0 Å². The van der Waals surface area contributed by atoms with E-state index in [1.54, 1.807) is 12.3 Å². The van der Waals surface area contributed by atoms with E-state index in [9.17, 15) is 9.18 Å². The van der Waals surface area contributed by atoms with Gasteiger partial charge in [-0.3, -0.25) is 14.8 Å². The lowest BCUT2D eigenvalue weighted by Gasteiger charge is -2.36. The summed E-state index contributed by atoms with van der Waals surface area (Å²) in [6.07, 6.45) is 9.86. The van der Waals surface area contributed by atoms with Gasteiger partial charge in [-0.2, -0.15) is 0 Å². The molecule has 1 saturated heterocycles. The number of aliphatic imine (C=N–C) groups is 1. The number of benzene rings is 1. The molecule has 0 atom stereocenters. The number of Topliss-reactive ketones (excluding diaryl/α,β-unsaturated/α-hetero) is 1. The third-order valence-corrected chi connectivity index (χ3v) is 7.74. The third kappa shape index (κ3) is 5.90. The van der Waals surface area contributed by atoms with Crippen molar-refractivity contribution in [3.05, 3.63) is 52.6 Å². The fourth-order valence-electron chi connectivity index (χ4n) is 5.46. The van der Waals surface area contributed by atoms with Crippen LogP contribution in [0.4, 0.5) is 10.1 Å². The van der Waals surface area contributed by atoms with Crippen LogP contribution in [-0.4, -0.2) is 53.7 Å². The van der Waals surface area contributed by atoms with Crippen molar-refractivity contribution in [2.75, 3.05) is 26.2 Å². The summed E-state index contributed by atoms with van der Waals surface area (Å²) >= 11 is 5.83. The van der Waals surface area contributed by atoms with E-state index in [0.717, 1.165) is 18.3 Å². The Bertz CT molecular complexity index is 1090. The Balaban J connectivity index is 1.17. The van der Waals surface area contributed by atoms with Gasteiger partial charge in [0.15, 0.2) is 5.78 Å². The van der Waals surface area contributed by atoms with E-state index in [0.29, 0.717) is 35.2 Å². The zero-order valence-electron chi connectivity index (χ0n) is 19.9. The standard InChI is InChI=1S/C27H32ClFN4O2/c28-23-14-21(5-6-24(23)29)35-17-19-13-26(34)22-7-10-31-25(27(22)32-19)16-30-15-18-8-11-33(12-9-18)20-3-1-2-4-20/h5-7,10,14,18,20,30H,1-4,8-9,11-13,15-17H2. The van der Waals surface area contributed by atoms with Gasteiger partial charge in [-0.1, -0.05) is 24.4 Å². The monoisotopic (exact) mass is 498 g/mol. The predicted molar refractivity (Wildman–Crippen MR) is 135 cm³/mol. The Morgan fingerprint density at radius 3 is 2.71 bits per heavy atom. The normalized spacial score (nSPS) is 19.6. The van der Waals surface area contributed by atoms with Crippen LogP contribution in [0, 0.1) is 11.7 Å². The number of nitrogens with zero attached hydrogens (tertiary/aromatic N) is 3. The number of pyridine rings is 1. The van der Waals surface area contributed by atoms with Crippen molar-refractivity contribution in [3.8, 4) is 5.75 Å². The van der Waals surface area contributed by atoms with Gasteiger partial charge in [-0.15, -0.1) is 0 Å². The fourth-order valence-corrected chi connectivity index (χ4v) is 5.63. The Kier molecular flexibility index (Phi) is 7.75. The predicted octanol–water partition coefficient (Wildman–Crippen LogP) is 5.36. The van der Waals surface area contributed by atoms with E-state index in [1.165, 1.54) is 69.8 Å². The second-order valence-corrected chi connectivity index (χ2v) is 10.3. The smallest absolute Gasteiger partial charge is 0.170 e. The van der Waals surface area contributed by atoms with Gasteiger partial charge in [0.1, 0.15) is 18.2 Å². The number of carbonyl (C=O) groups excluding carboxylic acids is 1. The van der Waals surface area contributed by atoms with Crippen LogP contribution in [0.3, 0.4) is 0 Å². The molecule has 1 aliphatic carbocycles. The third-order valence-electron chi connectivity index (χ3n) is 7.45. The molecule has 0 amide bonds. The number of ether oxygens (including phenoxy) is 1. The van der Waals surface area contributed by atoms with Crippen LogP contribution in [-0.2, 0) is 6.54 Å². The average molecular weight is 499 g/mol. The van der Waals surface area contributed by atoms with Gasteiger partial charge < -0.3 is 15.0 Å². The molecular weight excluding hydrogens is 467 g/mol. The van der Waals surface area contributed by atoms with Crippen molar-refractivity contribution < 1.29 is 13.9 Å². The molecule has 0 spiro atoms. The summed E-state index contributed by atoms with van der Waals surface area (Å²) in [6.45, 7) is 4.07. The molecule has 3 aliphatic rings. The molecular formula is C27H32ClFN4O2. The topological polar surface area (TPSA) is 66.8 Å². The minimum absolute atomic E-state index is 0.00345. The molecule has 3 heterocycles. The highest BCUT2D eigenvalue weighted by Gasteiger charge is 2.27. The van der Waals surface area contributed by atoms with Crippen LogP contribution in [0.15, 0.2) is 35.5 Å². The number of ketones is 1. The first kappa shape index (κ1) is 24.3. The van der Waals surface area contributed by atoms with Crippen LogP contribution in [0.1, 0.15) is 61.0 Å². The number of hydrogen-bond acceptors (Lipinski definition) is 6.